The molecule has 1 saturated heterocycles. The lowest BCUT2D eigenvalue weighted by molar-refractivity contribution is -0.133. The van der Waals surface area contributed by atoms with Crippen molar-refractivity contribution in [3.8, 4) is 0 Å². The van der Waals surface area contributed by atoms with E-state index in [1.807, 2.05) is 19.0 Å². The number of piperidine rings is 1. The van der Waals surface area contributed by atoms with E-state index < -0.39 is 0 Å². The van der Waals surface area contributed by atoms with Crippen molar-refractivity contribution in [3.05, 3.63) is 0 Å². The van der Waals surface area contributed by atoms with Crippen molar-refractivity contribution in [2.45, 2.75) is 32.6 Å². The SMILES string of the molecule is CCCN(C)CC(=O)N1CCC(CCNC)CC1. The molecular weight excluding hydrogens is 226 g/mol. The number of hydrogen-bond acceptors (Lipinski definition) is 3. The van der Waals surface area contributed by atoms with Gasteiger partial charge in [0.1, 0.15) is 0 Å². The van der Waals surface area contributed by atoms with Gasteiger partial charge in [0.15, 0.2) is 0 Å². The van der Waals surface area contributed by atoms with E-state index in [4.69, 9.17) is 0 Å². The van der Waals surface area contributed by atoms with Crippen LogP contribution in [0.5, 0.6) is 0 Å². The van der Waals surface area contributed by atoms with Crippen LogP contribution in [0.25, 0.3) is 0 Å². The fourth-order valence-corrected chi connectivity index (χ4v) is 2.61. The third kappa shape index (κ3) is 5.36. The Morgan fingerprint density at radius 2 is 2.06 bits per heavy atom. The number of nitrogens with zero attached hydrogens (tertiary/aromatic N) is 2. The minimum atomic E-state index is 0.304. The molecule has 0 aromatic carbocycles. The molecule has 0 atom stereocenters. The fraction of sp³-hybridized carbons (Fsp3) is 0.929. The number of likely N-dealkylation sites (N-methyl/N-ethyl adjacent to an activating group) is 1. The lowest BCUT2D eigenvalue weighted by Gasteiger charge is -2.33. The molecule has 0 unspecified atom stereocenters. The lowest BCUT2D eigenvalue weighted by Crippen LogP contribution is -2.43. The molecule has 0 aromatic heterocycles. The maximum absolute atomic E-state index is 12.1. The normalized spacial score (nSPS) is 17.4. The Labute approximate surface area is 112 Å². The minimum Gasteiger partial charge on any atom is -0.342 e. The molecule has 0 aliphatic carbocycles. The van der Waals surface area contributed by atoms with Gasteiger partial charge in [-0.3, -0.25) is 9.69 Å². The summed E-state index contributed by atoms with van der Waals surface area (Å²) < 4.78 is 0. The molecule has 1 rings (SSSR count). The standard InChI is InChI=1S/C14H29N3O/c1-4-9-16(3)12-14(18)17-10-6-13(7-11-17)5-8-15-2/h13,15H,4-12H2,1-3H3. The zero-order valence-electron chi connectivity index (χ0n) is 12.2. The summed E-state index contributed by atoms with van der Waals surface area (Å²) in [6.07, 6.45) is 4.69. The molecule has 0 aromatic rings. The molecule has 1 aliphatic heterocycles. The van der Waals surface area contributed by atoms with Gasteiger partial charge in [0.25, 0.3) is 0 Å². The van der Waals surface area contributed by atoms with E-state index in [2.05, 4.69) is 17.1 Å². The molecule has 1 aliphatic rings. The second kappa shape index (κ2) is 8.48. The monoisotopic (exact) mass is 255 g/mol. The van der Waals surface area contributed by atoms with Crippen LogP contribution >= 0.6 is 0 Å². The van der Waals surface area contributed by atoms with Crippen LogP contribution < -0.4 is 5.32 Å². The van der Waals surface area contributed by atoms with Crippen molar-refractivity contribution in [2.75, 3.05) is 46.8 Å². The first-order valence-electron chi connectivity index (χ1n) is 7.28. The van der Waals surface area contributed by atoms with E-state index in [1.54, 1.807) is 0 Å². The summed E-state index contributed by atoms with van der Waals surface area (Å²) in [5.74, 6) is 1.10. The van der Waals surface area contributed by atoms with Gasteiger partial charge in [-0.25, -0.2) is 0 Å². The topological polar surface area (TPSA) is 35.6 Å². The summed E-state index contributed by atoms with van der Waals surface area (Å²) in [5, 5.41) is 3.20. The Hall–Kier alpha value is -0.610. The molecule has 0 bridgehead atoms. The molecule has 1 fully saturated rings. The molecule has 1 heterocycles. The average molecular weight is 255 g/mol. The van der Waals surface area contributed by atoms with Crippen molar-refractivity contribution in [1.29, 1.82) is 0 Å². The fourth-order valence-electron chi connectivity index (χ4n) is 2.61. The van der Waals surface area contributed by atoms with Crippen molar-refractivity contribution >= 4 is 5.91 Å². The lowest BCUT2D eigenvalue weighted by atomic mass is 9.93. The van der Waals surface area contributed by atoms with Crippen LogP contribution in [-0.4, -0.2) is 62.5 Å². The quantitative estimate of drug-likeness (QED) is 0.742. The Balaban J connectivity index is 2.23. The number of carbonyl (C=O) groups excluding carboxylic acids is 1. The Bertz CT molecular complexity index is 237. The molecule has 0 spiro atoms. The van der Waals surface area contributed by atoms with Crippen LogP contribution in [0.1, 0.15) is 32.6 Å². The highest BCUT2D eigenvalue weighted by Crippen LogP contribution is 2.20. The van der Waals surface area contributed by atoms with Gasteiger partial charge in [-0.1, -0.05) is 6.92 Å². The summed E-state index contributed by atoms with van der Waals surface area (Å²) in [4.78, 5) is 16.2. The van der Waals surface area contributed by atoms with Crippen molar-refractivity contribution < 1.29 is 4.79 Å². The second-order valence-corrected chi connectivity index (χ2v) is 5.45. The molecule has 18 heavy (non-hydrogen) atoms. The highest BCUT2D eigenvalue weighted by Gasteiger charge is 2.22. The van der Waals surface area contributed by atoms with Crippen LogP contribution in [-0.2, 0) is 4.79 Å². The number of rotatable bonds is 7. The average Bonchev–Trinajstić information content (AvgIpc) is 2.37. The van der Waals surface area contributed by atoms with Crippen molar-refractivity contribution in [1.82, 2.24) is 15.1 Å². The van der Waals surface area contributed by atoms with E-state index in [-0.39, 0.29) is 0 Å². The van der Waals surface area contributed by atoms with Gasteiger partial charge < -0.3 is 10.2 Å². The van der Waals surface area contributed by atoms with Gasteiger partial charge in [0, 0.05) is 13.1 Å². The summed E-state index contributed by atoms with van der Waals surface area (Å²) in [6.45, 7) is 6.73. The summed E-state index contributed by atoms with van der Waals surface area (Å²) in [7, 11) is 4.03. The van der Waals surface area contributed by atoms with Gasteiger partial charge in [-0.05, 0) is 58.8 Å². The van der Waals surface area contributed by atoms with Crippen molar-refractivity contribution in [2.24, 2.45) is 5.92 Å². The molecule has 106 valence electrons. The smallest absolute Gasteiger partial charge is 0.236 e. The molecule has 1 N–H and O–H groups in total. The zero-order valence-corrected chi connectivity index (χ0v) is 12.2. The van der Waals surface area contributed by atoms with Gasteiger partial charge >= 0.3 is 0 Å². The van der Waals surface area contributed by atoms with Gasteiger partial charge in [0.2, 0.25) is 5.91 Å². The molecule has 1 amide bonds. The van der Waals surface area contributed by atoms with Crippen LogP contribution in [0.15, 0.2) is 0 Å². The van der Waals surface area contributed by atoms with Gasteiger partial charge in [0.05, 0.1) is 6.54 Å². The first-order valence-corrected chi connectivity index (χ1v) is 7.28. The first kappa shape index (κ1) is 15.4. The van der Waals surface area contributed by atoms with Crippen molar-refractivity contribution in [3.63, 3.8) is 0 Å². The summed E-state index contributed by atoms with van der Waals surface area (Å²) >= 11 is 0. The van der Waals surface area contributed by atoms with E-state index >= 15 is 0 Å². The number of carbonyl (C=O) groups is 1. The number of likely N-dealkylation sites (tertiary alicyclic amines) is 1. The highest BCUT2D eigenvalue weighted by molar-refractivity contribution is 5.78. The van der Waals surface area contributed by atoms with E-state index in [0.717, 1.165) is 38.5 Å². The number of amides is 1. The number of nitrogens with one attached hydrogen (secondary N) is 1. The third-order valence-corrected chi connectivity index (χ3v) is 3.78. The van der Waals surface area contributed by atoms with E-state index in [1.165, 1.54) is 19.3 Å². The molecule has 4 nitrogen and oxygen atoms in total. The minimum absolute atomic E-state index is 0.304. The molecule has 0 radical (unpaired) electrons. The van der Waals surface area contributed by atoms with Crippen LogP contribution in [0.3, 0.4) is 0 Å². The van der Waals surface area contributed by atoms with Crippen LogP contribution in [0.2, 0.25) is 0 Å². The Morgan fingerprint density at radius 3 is 2.61 bits per heavy atom. The van der Waals surface area contributed by atoms with Gasteiger partial charge in [-0.2, -0.15) is 0 Å². The largest absolute Gasteiger partial charge is 0.342 e. The van der Waals surface area contributed by atoms with E-state index in [0.29, 0.717) is 12.5 Å². The Morgan fingerprint density at radius 1 is 1.39 bits per heavy atom. The number of hydrogen-bond donors (Lipinski definition) is 1. The maximum Gasteiger partial charge on any atom is 0.236 e. The summed E-state index contributed by atoms with van der Waals surface area (Å²) in [6, 6.07) is 0. The predicted octanol–water partition coefficient (Wildman–Crippen LogP) is 1.18. The zero-order chi connectivity index (χ0) is 13.4. The Kier molecular flexibility index (Phi) is 7.28. The third-order valence-electron chi connectivity index (χ3n) is 3.78. The first-order chi connectivity index (χ1) is 8.67. The maximum atomic E-state index is 12.1. The van der Waals surface area contributed by atoms with Crippen LogP contribution in [0, 0.1) is 5.92 Å². The molecular formula is C14H29N3O. The molecule has 4 heteroatoms. The van der Waals surface area contributed by atoms with Crippen LogP contribution in [0.4, 0.5) is 0 Å². The predicted molar refractivity (Wildman–Crippen MR) is 75.6 cm³/mol. The van der Waals surface area contributed by atoms with E-state index in [9.17, 15) is 4.79 Å². The second-order valence-electron chi connectivity index (χ2n) is 5.45. The summed E-state index contributed by atoms with van der Waals surface area (Å²) in [5.41, 5.74) is 0. The molecule has 0 saturated carbocycles. The van der Waals surface area contributed by atoms with Gasteiger partial charge in [-0.15, -0.1) is 0 Å². The highest BCUT2D eigenvalue weighted by atomic mass is 16.2.